The van der Waals surface area contributed by atoms with E-state index in [1.54, 1.807) is 13.8 Å². The number of hydrogen-bond donors (Lipinski definition) is 2. The van der Waals surface area contributed by atoms with Gasteiger partial charge in [0.1, 0.15) is 11.3 Å². The van der Waals surface area contributed by atoms with Crippen LogP contribution in [0, 0.1) is 0 Å². The zero-order valence-electron chi connectivity index (χ0n) is 10.5. The van der Waals surface area contributed by atoms with E-state index >= 15 is 0 Å². The Morgan fingerprint density at radius 2 is 2.22 bits per heavy atom. The van der Waals surface area contributed by atoms with Gasteiger partial charge >= 0.3 is 0 Å². The van der Waals surface area contributed by atoms with Crippen molar-refractivity contribution in [3.05, 3.63) is 0 Å². The lowest BCUT2D eigenvalue weighted by Crippen LogP contribution is -2.59. The number of sulfonamides is 1. The molecule has 104 valence electrons. The Balaban J connectivity index is 3.09. The first-order valence-corrected chi connectivity index (χ1v) is 7.85. The molecule has 2 atom stereocenters. The summed E-state index contributed by atoms with van der Waals surface area (Å²) in [5.74, 6) is -0.259. The first-order valence-electron chi connectivity index (χ1n) is 5.93. The van der Waals surface area contributed by atoms with Crippen LogP contribution >= 0.6 is 12.2 Å². The molecule has 0 spiro atoms. The highest BCUT2D eigenvalue weighted by molar-refractivity contribution is 7.92. The standard InChI is InChI=1S/C10H19N3O3S2/c1-3-7-10(14)12-5-6-13(7)18(15,16)8(4-2)9(11)17/h7-8H,3-6H2,1-2H3,(H2,11,17)(H,12,14). The Labute approximate surface area is 113 Å². The molecule has 1 rings (SSSR count). The number of nitrogens with zero attached hydrogens (tertiary/aromatic N) is 1. The van der Waals surface area contributed by atoms with Gasteiger partial charge in [-0.25, -0.2) is 8.42 Å². The molecule has 18 heavy (non-hydrogen) atoms. The van der Waals surface area contributed by atoms with Crippen LogP contribution < -0.4 is 11.1 Å². The van der Waals surface area contributed by atoms with E-state index in [2.05, 4.69) is 5.32 Å². The SMILES string of the molecule is CCC1C(=O)NCCN1S(=O)(=O)C(CC)C(N)=S. The quantitative estimate of drug-likeness (QED) is 0.672. The molecule has 0 aromatic heterocycles. The summed E-state index contributed by atoms with van der Waals surface area (Å²) in [6, 6.07) is -0.660. The van der Waals surface area contributed by atoms with E-state index in [0.717, 1.165) is 0 Å². The summed E-state index contributed by atoms with van der Waals surface area (Å²) in [4.78, 5) is 11.6. The Morgan fingerprint density at radius 1 is 1.61 bits per heavy atom. The van der Waals surface area contributed by atoms with E-state index in [1.165, 1.54) is 4.31 Å². The fraction of sp³-hybridized carbons (Fsp3) is 0.800. The van der Waals surface area contributed by atoms with Crippen molar-refractivity contribution < 1.29 is 13.2 Å². The van der Waals surface area contributed by atoms with E-state index in [9.17, 15) is 13.2 Å². The van der Waals surface area contributed by atoms with Crippen molar-refractivity contribution in [3.63, 3.8) is 0 Å². The second-order valence-electron chi connectivity index (χ2n) is 4.17. The van der Waals surface area contributed by atoms with Gasteiger partial charge in [-0.1, -0.05) is 26.1 Å². The van der Waals surface area contributed by atoms with Crippen molar-refractivity contribution in [1.82, 2.24) is 9.62 Å². The zero-order chi connectivity index (χ0) is 13.9. The summed E-state index contributed by atoms with van der Waals surface area (Å²) in [6.07, 6.45) is 0.741. The summed E-state index contributed by atoms with van der Waals surface area (Å²) >= 11 is 4.81. The summed E-state index contributed by atoms with van der Waals surface area (Å²) < 4.78 is 26.1. The molecule has 1 fully saturated rings. The molecule has 2 unspecified atom stereocenters. The number of thiocarbonyl (C=S) groups is 1. The van der Waals surface area contributed by atoms with Crippen molar-refractivity contribution in [3.8, 4) is 0 Å². The number of rotatable bonds is 5. The van der Waals surface area contributed by atoms with Crippen LogP contribution in [0.2, 0.25) is 0 Å². The molecule has 3 N–H and O–H groups in total. The molecule has 0 saturated carbocycles. The Hall–Kier alpha value is -0.730. The largest absolute Gasteiger partial charge is 0.392 e. The van der Waals surface area contributed by atoms with Gasteiger partial charge in [0.15, 0.2) is 0 Å². The first kappa shape index (κ1) is 15.3. The third-order valence-electron chi connectivity index (χ3n) is 3.04. The van der Waals surface area contributed by atoms with E-state index < -0.39 is 21.3 Å². The van der Waals surface area contributed by atoms with Crippen LogP contribution in [-0.4, -0.2) is 48.0 Å². The molecule has 0 bridgehead atoms. The highest BCUT2D eigenvalue weighted by atomic mass is 32.2. The maximum absolute atomic E-state index is 12.5. The van der Waals surface area contributed by atoms with Crippen molar-refractivity contribution in [1.29, 1.82) is 0 Å². The number of carbonyl (C=O) groups excluding carboxylic acids is 1. The smallest absolute Gasteiger partial charge is 0.238 e. The lowest BCUT2D eigenvalue weighted by atomic mass is 10.2. The second kappa shape index (κ2) is 5.94. The number of carbonyl (C=O) groups is 1. The molecule has 8 heteroatoms. The van der Waals surface area contributed by atoms with E-state index in [4.69, 9.17) is 18.0 Å². The van der Waals surface area contributed by atoms with Crippen molar-refractivity contribution in [2.24, 2.45) is 5.73 Å². The second-order valence-corrected chi connectivity index (χ2v) is 6.71. The number of amides is 1. The monoisotopic (exact) mass is 293 g/mol. The molecule has 1 heterocycles. The molecule has 0 aromatic carbocycles. The summed E-state index contributed by atoms with van der Waals surface area (Å²) in [6.45, 7) is 4.08. The van der Waals surface area contributed by atoms with Gasteiger partial charge in [-0.05, 0) is 12.8 Å². The highest BCUT2D eigenvalue weighted by Crippen LogP contribution is 2.19. The minimum atomic E-state index is -3.66. The summed E-state index contributed by atoms with van der Waals surface area (Å²) in [5.41, 5.74) is 5.49. The zero-order valence-corrected chi connectivity index (χ0v) is 12.2. The molecule has 0 aromatic rings. The summed E-state index contributed by atoms with van der Waals surface area (Å²) in [7, 11) is -3.66. The first-order chi connectivity index (χ1) is 8.36. The van der Waals surface area contributed by atoms with Crippen LogP contribution in [0.1, 0.15) is 26.7 Å². The molecular weight excluding hydrogens is 274 g/mol. The molecule has 6 nitrogen and oxygen atoms in total. The molecule has 1 aliphatic rings. The van der Waals surface area contributed by atoms with E-state index in [0.29, 0.717) is 19.4 Å². The number of nitrogens with one attached hydrogen (secondary N) is 1. The fourth-order valence-electron chi connectivity index (χ4n) is 2.11. The minimum Gasteiger partial charge on any atom is -0.392 e. The van der Waals surface area contributed by atoms with Crippen LogP contribution in [0.5, 0.6) is 0 Å². The van der Waals surface area contributed by atoms with Crippen LogP contribution in [0.3, 0.4) is 0 Å². The van der Waals surface area contributed by atoms with Crippen LogP contribution in [-0.2, 0) is 14.8 Å². The van der Waals surface area contributed by atoms with E-state index in [1.807, 2.05) is 0 Å². The molecule has 0 radical (unpaired) electrons. The van der Waals surface area contributed by atoms with E-state index in [-0.39, 0.29) is 17.4 Å². The average molecular weight is 293 g/mol. The van der Waals surface area contributed by atoms with Gasteiger partial charge in [0, 0.05) is 13.1 Å². The Morgan fingerprint density at radius 3 is 2.67 bits per heavy atom. The lowest BCUT2D eigenvalue weighted by Gasteiger charge is -2.35. The van der Waals surface area contributed by atoms with Gasteiger partial charge in [-0.3, -0.25) is 4.79 Å². The topological polar surface area (TPSA) is 92.5 Å². The lowest BCUT2D eigenvalue weighted by molar-refractivity contribution is -0.126. The molecular formula is C10H19N3O3S2. The Kier molecular flexibility index (Phi) is 5.06. The van der Waals surface area contributed by atoms with Gasteiger partial charge in [-0.15, -0.1) is 0 Å². The van der Waals surface area contributed by atoms with Crippen LogP contribution in [0.25, 0.3) is 0 Å². The van der Waals surface area contributed by atoms with Crippen LogP contribution in [0.15, 0.2) is 0 Å². The predicted molar refractivity (Wildman–Crippen MR) is 73.6 cm³/mol. The third kappa shape index (κ3) is 2.81. The Bertz CT molecular complexity index is 436. The van der Waals surface area contributed by atoms with Gasteiger partial charge in [0.05, 0.1) is 4.99 Å². The number of hydrogen-bond acceptors (Lipinski definition) is 4. The maximum atomic E-state index is 12.5. The highest BCUT2D eigenvalue weighted by Gasteiger charge is 2.41. The average Bonchev–Trinajstić information content (AvgIpc) is 2.28. The molecule has 1 amide bonds. The van der Waals surface area contributed by atoms with Gasteiger partial charge < -0.3 is 11.1 Å². The molecule has 0 aliphatic carbocycles. The molecule has 1 aliphatic heterocycles. The maximum Gasteiger partial charge on any atom is 0.238 e. The third-order valence-corrected chi connectivity index (χ3v) is 5.87. The number of piperazine rings is 1. The van der Waals surface area contributed by atoms with Crippen LogP contribution in [0.4, 0.5) is 0 Å². The predicted octanol–water partition coefficient (Wildman–Crippen LogP) is -0.409. The van der Waals surface area contributed by atoms with Crippen molar-refractivity contribution in [2.75, 3.05) is 13.1 Å². The normalized spacial score (nSPS) is 23.4. The van der Waals surface area contributed by atoms with Crippen molar-refractivity contribution in [2.45, 2.75) is 38.0 Å². The minimum absolute atomic E-state index is 0.0432. The summed E-state index contributed by atoms with van der Waals surface area (Å²) in [5, 5.41) is 1.77. The molecule has 1 saturated heterocycles. The fourth-order valence-corrected chi connectivity index (χ4v) is 4.63. The number of nitrogens with two attached hydrogens (primary N) is 1. The van der Waals surface area contributed by atoms with Gasteiger partial charge in [0.2, 0.25) is 15.9 Å². The van der Waals surface area contributed by atoms with Gasteiger partial charge in [0.25, 0.3) is 0 Å². The van der Waals surface area contributed by atoms with Gasteiger partial charge in [-0.2, -0.15) is 4.31 Å². The van der Waals surface area contributed by atoms with Crippen molar-refractivity contribution >= 4 is 33.1 Å².